The van der Waals surface area contributed by atoms with Gasteiger partial charge in [-0.25, -0.2) is 0 Å². The number of hydrogen-bond donors (Lipinski definition) is 2. The van der Waals surface area contributed by atoms with Crippen molar-refractivity contribution in [2.75, 3.05) is 27.7 Å². The van der Waals surface area contributed by atoms with Crippen molar-refractivity contribution in [3.05, 3.63) is 12.7 Å². The molecule has 0 aromatic rings. The van der Waals surface area contributed by atoms with Crippen molar-refractivity contribution >= 4 is 5.71 Å². The lowest BCUT2D eigenvalue weighted by Crippen LogP contribution is -2.40. The van der Waals surface area contributed by atoms with Crippen molar-refractivity contribution in [2.24, 2.45) is 4.99 Å². The molecule has 0 fully saturated rings. The molecule has 0 saturated heterocycles. The Labute approximate surface area is 68.6 Å². The van der Waals surface area contributed by atoms with Crippen LogP contribution in [0.3, 0.4) is 0 Å². The van der Waals surface area contributed by atoms with E-state index in [0.29, 0.717) is 0 Å². The summed E-state index contributed by atoms with van der Waals surface area (Å²) in [5, 5.41) is 6.22. The molecule has 0 saturated carbocycles. The van der Waals surface area contributed by atoms with Crippen LogP contribution >= 0.6 is 0 Å². The number of likely N-dealkylation sites (N-methyl/N-ethyl adjacent to an activating group) is 2. The summed E-state index contributed by atoms with van der Waals surface area (Å²) in [6.07, 6.45) is 1.78. The molecule has 0 amide bonds. The smallest absolute Gasteiger partial charge is 0.0614 e. The highest BCUT2D eigenvalue weighted by Gasteiger charge is 2.07. The second-order valence-electron chi connectivity index (χ2n) is 2.25. The first-order valence-electron chi connectivity index (χ1n) is 3.71. The Morgan fingerprint density at radius 2 is 2.27 bits per heavy atom. The van der Waals surface area contributed by atoms with Gasteiger partial charge in [-0.2, -0.15) is 0 Å². The second-order valence-corrected chi connectivity index (χ2v) is 2.25. The molecule has 0 aliphatic rings. The lowest BCUT2D eigenvalue weighted by Gasteiger charge is -2.14. The molecule has 3 heteroatoms. The van der Waals surface area contributed by atoms with Gasteiger partial charge in [-0.05, 0) is 20.2 Å². The van der Waals surface area contributed by atoms with E-state index in [4.69, 9.17) is 0 Å². The summed E-state index contributed by atoms with van der Waals surface area (Å²) < 4.78 is 0. The summed E-state index contributed by atoms with van der Waals surface area (Å²) in [6, 6.07) is 0.266. The van der Waals surface area contributed by atoms with E-state index < -0.39 is 0 Å². The Kier molecular flexibility index (Phi) is 5.70. The number of rotatable bonds is 5. The van der Waals surface area contributed by atoms with Gasteiger partial charge in [0.05, 0.1) is 11.8 Å². The maximum absolute atomic E-state index is 4.09. The zero-order valence-electron chi connectivity index (χ0n) is 7.52. The minimum atomic E-state index is 0.266. The minimum absolute atomic E-state index is 0.266. The molecule has 3 nitrogen and oxygen atoms in total. The van der Waals surface area contributed by atoms with E-state index in [-0.39, 0.29) is 6.04 Å². The number of nitrogens with one attached hydrogen (secondary N) is 2. The molecule has 11 heavy (non-hydrogen) atoms. The Morgan fingerprint density at radius 1 is 1.64 bits per heavy atom. The molecule has 2 N–H and O–H groups in total. The first-order chi connectivity index (χ1) is 5.29. The third-order valence-electron chi connectivity index (χ3n) is 1.58. The Hall–Kier alpha value is -0.670. The van der Waals surface area contributed by atoms with E-state index >= 15 is 0 Å². The minimum Gasteiger partial charge on any atom is -0.318 e. The van der Waals surface area contributed by atoms with E-state index in [0.717, 1.165) is 12.3 Å². The monoisotopic (exact) mass is 155 g/mol. The first kappa shape index (κ1) is 10.3. The highest BCUT2D eigenvalue weighted by molar-refractivity contribution is 5.98. The van der Waals surface area contributed by atoms with E-state index in [9.17, 15) is 0 Å². The summed E-state index contributed by atoms with van der Waals surface area (Å²) >= 11 is 0. The summed E-state index contributed by atoms with van der Waals surface area (Å²) in [7, 11) is 5.61. The molecule has 0 heterocycles. The third kappa shape index (κ3) is 3.30. The van der Waals surface area contributed by atoms with Crippen molar-refractivity contribution in [1.82, 2.24) is 10.6 Å². The Balaban J connectivity index is 4.09. The normalized spacial score (nSPS) is 14.6. The average Bonchev–Trinajstić information content (AvgIpc) is 2.05. The topological polar surface area (TPSA) is 36.4 Å². The summed E-state index contributed by atoms with van der Waals surface area (Å²) in [4.78, 5) is 4.09. The zero-order chi connectivity index (χ0) is 8.69. The van der Waals surface area contributed by atoms with Gasteiger partial charge in [-0.15, -0.1) is 0 Å². The van der Waals surface area contributed by atoms with Crippen LogP contribution in [-0.4, -0.2) is 39.4 Å². The van der Waals surface area contributed by atoms with Crippen LogP contribution in [0.4, 0.5) is 0 Å². The quantitative estimate of drug-likeness (QED) is 0.550. The van der Waals surface area contributed by atoms with Gasteiger partial charge in [-0.3, -0.25) is 4.99 Å². The van der Waals surface area contributed by atoms with Crippen LogP contribution < -0.4 is 10.6 Å². The lowest BCUT2D eigenvalue weighted by atomic mass is 10.1. The second kappa shape index (κ2) is 6.07. The lowest BCUT2D eigenvalue weighted by molar-refractivity contribution is 0.645. The van der Waals surface area contributed by atoms with Gasteiger partial charge in [0.25, 0.3) is 0 Å². The fourth-order valence-electron chi connectivity index (χ4n) is 0.948. The van der Waals surface area contributed by atoms with Crippen molar-refractivity contribution < 1.29 is 0 Å². The van der Waals surface area contributed by atoms with Gasteiger partial charge < -0.3 is 10.6 Å². The largest absolute Gasteiger partial charge is 0.318 e. The molecule has 0 aliphatic carbocycles. The fraction of sp³-hybridized carbons (Fsp3) is 0.625. The molecule has 0 radical (unpaired) electrons. The molecular weight excluding hydrogens is 138 g/mol. The highest BCUT2D eigenvalue weighted by Crippen LogP contribution is 1.87. The molecule has 0 aromatic carbocycles. The van der Waals surface area contributed by atoms with E-state index in [1.807, 2.05) is 14.1 Å². The van der Waals surface area contributed by atoms with Gasteiger partial charge >= 0.3 is 0 Å². The van der Waals surface area contributed by atoms with Crippen LogP contribution in [0.1, 0.15) is 0 Å². The van der Waals surface area contributed by atoms with Gasteiger partial charge in [0.15, 0.2) is 0 Å². The van der Waals surface area contributed by atoms with Crippen LogP contribution in [0, 0.1) is 0 Å². The fourth-order valence-corrected chi connectivity index (χ4v) is 0.948. The molecule has 0 bridgehead atoms. The predicted molar refractivity (Wildman–Crippen MR) is 50.3 cm³/mol. The van der Waals surface area contributed by atoms with Crippen LogP contribution in [0.5, 0.6) is 0 Å². The first-order valence-corrected chi connectivity index (χ1v) is 3.71. The third-order valence-corrected chi connectivity index (χ3v) is 1.58. The molecule has 0 aliphatic heterocycles. The van der Waals surface area contributed by atoms with Gasteiger partial charge in [-0.1, -0.05) is 6.58 Å². The summed E-state index contributed by atoms with van der Waals surface area (Å²) in [5.74, 6) is 0. The number of aliphatic imine (C=N–C) groups is 1. The molecule has 0 spiro atoms. The van der Waals surface area contributed by atoms with E-state index in [2.05, 4.69) is 22.2 Å². The number of hydrogen-bond acceptors (Lipinski definition) is 3. The summed E-state index contributed by atoms with van der Waals surface area (Å²) in [6.45, 7) is 4.55. The van der Waals surface area contributed by atoms with Crippen molar-refractivity contribution in [3.63, 3.8) is 0 Å². The Bertz CT molecular complexity index is 140. The van der Waals surface area contributed by atoms with Gasteiger partial charge in [0, 0.05) is 13.6 Å². The van der Waals surface area contributed by atoms with Crippen molar-refractivity contribution in [2.45, 2.75) is 6.04 Å². The zero-order valence-corrected chi connectivity index (χ0v) is 7.52. The van der Waals surface area contributed by atoms with Crippen LogP contribution in [0.25, 0.3) is 0 Å². The maximum atomic E-state index is 4.09. The molecular formula is C8H17N3. The van der Waals surface area contributed by atoms with E-state index in [1.54, 1.807) is 13.1 Å². The van der Waals surface area contributed by atoms with Gasteiger partial charge in [0.2, 0.25) is 0 Å². The molecule has 0 aromatic heterocycles. The number of nitrogens with zero attached hydrogens (tertiary/aromatic N) is 1. The predicted octanol–water partition coefficient (Wildman–Crippen LogP) is 0.0506. The Morgan fingerprint density at radius 3 is 2.55 bits per heavy atom. The molecule has 1 unspecified atom stereocenters. The van der Waals surface area contributed by atoms with Crippen LogP contribution in [0.2, 0.25) is 0 Å². The SMILES string of the molecule is C=CC(=NC)C(CNC)NC. The van der Waals surface area contributed by atoms with E-state index in [1.165, 1.54) is 0 Å². The maximum Gasteiger partial charge on any atom is 0.0614 e. The van der Waals surface area contributed by atoms with Crippen molar-refractivity contribution in [3.8, 4) is 0 Å². The van der Waals surface area contributed by atoms with Crippen LogP contribution in [0.15, 0.2) is 17.6 Å². The highest BCUT2D eigenvalue weighted by atomic mass is 15.0. The summed E-state index contributed by atoms with van der Waals surface area (Å²) in [5.41, 5.74) is 0.988. The molecule has 1 atom stereocenters. The standard InChI is InChI=1S/C8H17N3/c1-5-7(10-3)8(11-4)6-9-2/h5,8-9,11H,1,6H2,2-4H3. The molecule has 0 rings (SSSR count). The average molecular weight is 155 g/mol. The van der Waals surface area contributed by atoms with Crippen molar-refractivity contribution in [1.29, 1.82) is 0 Å². The van der Waals surface area contributed by atoms with Gasteiger partial charge in [0.1, 0.15) is 0 Å². The van der Waals surface area contributed by atoms with Crippen LogP contribution in [-0.2, 0) is 0 Å². The molecule has 64 valence electrons.